The van der Waals surface area contributed by atoms with Crippen LogP contribution < -0.4 is 0 Å². The van der Waals surface area contributed by atoms with Crippen LogP contribution in [0.25, 0.3) is 0 Å². The summed E-state index contributed by atoms with van der Waals surface area (Å²) in [6, 6.07) is 0.280. The highest BCUT2D eigenvalue weighted by Crippen LogP contribution is 2.39. The van der Waals surface area contributed by atoms with E-state index < -0.39 is 5.97 Å². The average molecular weight is 239 g/mol. The first-order chi connectivity index (χ1) is 7.99. The third-order valence-corrected chi connectivity index (χ3v) is 4.48. The van der Waals surface area contributed by atoms with E-state index in [1.165, 1.54) is 25.7 Å². The number of nitrogens with zero attached hydrogens (tertiary/aromatic N) is 1. The lowest BCUT2D eigenvalue weighted by molar-refractivity contribution is -0.146. The van der Waals surface area contributed by atoms with Crippen LogP contribution in [0.1, 0.15) is 58.8 Å². The molecule has 1 saturated carbocycles. The molecule has 0 aromatic heterocycles. The number of piperidine rings is 1. The lowest BCUT2D eigenvalue weighted by atomic mass is 9.74. The fourth-order valence-corrected chi connectivity index (χ4v) is 3.60. The smallest absolute Gasteiger partial charge is 0.320 e. The molecule has 2 unspecified atom stereocenters. The maximum absolute atomic E-state index is 11.3. The Balaban J connectivity index is 2.05. The maximum atomic E-state index is 11.3. The van der Waals surface area contributed by atoms with Crippen molar-refractivity contribution in [1.29, 1.82) is 0 Å². The molecule has 2 aliphatic rings. The summed E-state index contributed by atoms with van der Waals surface area (Å²) in [6.45, 7) is 5.62. The summed E-state index contributed by atoms with van der Waals surface area (Å²) in [5.74, 6) is -0.618. The van der Waals surface area contributed by atoms with Gasteiger partial charge in [0.2, 0.25) is 0 Å². The van der Waals surface area contributed by atoms with E-state index in [9.17, 15) is 9.90 Å². The molecule has 1 N–H and O–H groups in total. The van der Waals surface area contributed by atoms with Crippen molar-refractivity contribution in [3.05, 3.63) is 0 Å². The Labute approximate surface area is 104 Å². The van der Waals surface area contributed by atoms with Gasteiger partial charge < -0.3 is 5.11 Å². The van der Waals surface area contributed by atoms with Gasteiger partial charge in [-0.05, 0) is 44.1 Å². The Kier molecular flexibility index (Phi) is 3.76. The third kappa shape index (κ3) is 3.01. The molecule has 17 heavy (non-hydrogen) atoms. The largest absolute Gasteiger partial charge is 0.480 e. The monoisotopic (exact) mass is 239 g/mol. The molecule has 98 valence electrons. The first-order valence-electron chi connectivity index (χ1n) is 6.98. The Morgan fingerprint density at radius 3 is 2.65 bits per heavy atom. The van der Waals surface area contributed by atoms with Crippen molar-refractivity contribution in [3.63, 3.8) is 0 Å². The lowest BCUT2D eigenvalue weighted by Crippen LogP contribution is -2.52. The molecule has 0 bridgehead atoms. The summed E-state index contributed by atoms with van der Waals surface area (Å²) in [6.07, 6.45) is 7.97. The predicted octanol–water partition coefficient (Wildman–Crippen LogP) is 2.89. The van der Waals surface area contributed by atoms with Crippen molar-refractivity contribution >= 4 is 5.97 Å². The van der Waals surface area contributed by atoms with Gasteiger partial charge >= 0.3 is 5.97 Å². The molecular weight excluding hydrogens is 214 g/mol. The molecule has 0 aromatic rings. The topological polar surface area (TPSA) is 40.5 Å². The Morgan fingerprint density at radius 1 is 1.24 bits per heavy atom. The van der Waals surface area contributed by atoms with Crippen molar-refractivity contribution in [1.82, 2.24) is 4.90 Å². The number of rotatable bonds is 2. The van der Waals surface area contributed by atoms with Gasteiger partial charge in [-0.1, -0.05) is 26.7 Å². The molecule has 0 radical (unpaired) electrons. The predicted molar refractivity (Wildman–Crippen MR) is 68.0 cm³/mol. The standard InChI is InChI=1S/C14H25NO2/c1-14(2)8-5-6-11(10-14)15-9-4-3-7-12(15)13(16)17/h11-12H,3-10H2,1-2H3,(H,16,17). The number of hydrogen-bond acceptors (Lipinski definition) is 2. The average Bonchev–Trinajstić information content (AvgIpc) is 2.27. The van der Waals surface area contributed by atoms with Gasteiger partial charge in [-0.3, -0.25) is 9.69 Å². The van der Waals surface area contributed by atoms with E-state index >= 15 is 0 Å². The van der Waals surface area contributed by atoms with Crippen LogP contribution in [0.2, 0.25) is 0 Å². The second kappa shape index (κ2) is 4.97. The van der Waals surface area contributed by atoms with Crippen molar-refractivity contribution in [2.75, 3.05) is 6.54 Å². The highest BCUT2D eigenvalue weighted by Gasteiger charge is 2.37. The maximum Gasteiger partial charge on any atom is 0.320 e. The number of carbonyl (C=O) groups is 1. The van der Waals surface area contributed by atoms with Gasteiger partial charge in [0.15, 0.2) is 0 Å². The zero-order valence-corrected chi connectivity index (χ0v) is 11.1. The summed E-state index contributed by atoms with van der Waals surface area (Å²) in [7, 11) is 0. The van der Waals surface area contributed by atoms with Gasteiger partial charge in [0.25, 0.3) is 0 Å². The molecule has 2 atom stereocenters. The van der Waals surface area contributed by atoms with E-state index in [1.807, 2.05) is 0 Å². The molecule has 3 heteroatoms. The molecule has 1 saturated heterocycles. The third-order valence-electron chi connectivity index (χ3n) is 4.48. The van der Waals surface area contributed by atoms with Gasteiger partial charge in [0, 0.05) is 6.04 Å². The molecule has 2 fully saturated rings. The summed E-state index contributed by atoms with van der Waals surface area (Å²) < 4.78 is 0. The SMILES string of the molecule is CC1(C)CCCC(N2CCCCC2C(=O)O)C1. The Bertz CT molecular complexity index is 288. The number of likely N-dealkylation sites (tertiary alicyclic amines) is 1. The second-order valence-electron chi connectivity index (χ2n) is 6.50. The summed E-state index contributed by atoms with van der Waals surface area (Å²) in [4.78, 5) is 13.6. The molecule has 1 heterocycles. The van der Waals surface area contributed by atoms with Crippen LogP contribution in [0, 0.1) is 5.41 Å². The van der Waals surface area contributed by atoms with Crippen LogP contribution in [-0.4, -0.2) is 34.6 Å². The van der Waals surface area contributed by atoms with Crippen LogP contribution in [0.4, 0.5) is 0 Å². The van der Waals surface area contributed by atoms with E-state index in [0.717, 1.165) is 25.8 Å². The number of carboxylic acid groups (broad SMARTS) is 1. The second-order valence-corrected chi connectivity index (χ2v) is 6.50. The van der Waals surface area contributed by atoms with Crippen molar-refractivity contribution in [3.8, 4) is 0 Å². The number of carboxylic acids is 1. The molecule has 0 aromatic carbocycles. The molecule has 2 rings (SSSR count). The Hall–Kier alpha value is -0.570. The van der Waals surface area contributed by atoms with Gasteiger partial charge in [0.05, 0.1) is 0 Å². The molecule has 1 aliphatic carbocycles. The summed E-state index contributed by atoms with van der Waals surface area (Å²) in [5.41, 5.74) is 0.392. The molecule has 3 nitrogen and oxygen atoms in total. The van der Waals surface area contributed by atoms with Crippen LogP contribution in [0.3, 0.4) is 0 Å². The van der Waals surface area contributed by atoms with Crippen LogP contribution in [-0.2, 0) is 4.79 Å². The van der Waals surface area contributed by atoms with E-state index in [4.69, 9.17) is 0 Å². The highest BCUT2D eigenvalue weighted by atomic mass is 16.4. The van der Waals surface area contributed by atoms with Gasteiger partial charge in [-0.25, -0.2) is 0 Å². The van der Waals surface area contributed by atoms with Gasteiger partial charge in [-0.2, -0.15) is 0 Å². The van der Waals surface area contributed by atoms with Crippen molar-refractivity contribution < 1.29 is 9.90 Å². The minimum atomic E-state index is -0.618. The molecule has 0 amide bonds. The zero-order chi connectivity index (χ0) is 12.5. The van der Waals surface area contributed by atoms with Gasteiger partial charge in [-0.15, -0.1) is 0 Å². The lowest BCUT2D eigenvalue weighted by Gasteiger charge is -2.45. The molecule has 1 aliphatic heterocycles. The zero-order valence-electron chi connectivity index (χ0n) is 11.1. The van der Waals surface area contributed by atoms with E-state index in [2.05, 4.69) is 18.7 Å². The summed E-state index contributed by atoms with van der Waals surface area (Å²) in [5, 5.41) is 9.33. The molecule has 0 spiro atoms. The number of aliphatic carboxylic acids is 1. The van der Waals surface area contributed by atoms with Crippen molar-refractivity contribution in [2.45, 2.75) is 70.9 Å². The Morgan fingerprint density at radius 2 is 2.00 bits per heavy atom. The quantitative estimate of drug-likeness (QED) is 0.805. The van der Waals surface area contributed by atoms with E-state index in [1.54, 1.807) is 0 Å². The molecular formula is C14H25NO2. The van der Waals surface area contributed by atoms with Crippen LogP contribution in [0.15, 0.2) is 0 Å². The van der Waals surface area contributed by atoms with Gasteiger partial charge in [0.1, 0.15) is 6.04 Å². The van der Waals surface area contributed by atoms with Crippen LogP contribution in [0.5, 0.6) is 0 Å². The minimum absolute atomic E-state index is 0.220. The van der Waals surface area contributed by atoms with E-state index in [0.29, 0.717) is 11.5 Å². The highest BCUT2D eigenvalue weighted by molar-refractivity contribution is 5.73. The normalized spacial score (nSPS) is 34.5. The van der Waals surface area contributed by atoms with Crippen molar-refractivity contribution in [2.24, 2.45) is 5.41 Å². The van der Waals surface area contributed by atoms with E-state index in [-0.39, 0.29) is 6.04 Å². The summed E-state index contributed by atoms with van der Waals surface area (Å²) >= 11 is 0. The fraction of sp³-hybridized carbons (Fsp3) is 0.929. The minimum Gasteiger partial charge on any atom is -0.480 e. The van der Waals surface area contributed by atoms with Crippen LogP contribution >= 0.6 is 0 Å². The first kappa shape index (κ1) is 12.9. The fourth-order valence-electron chi connectivity index (χ4n) is 3.60. The first-order valence-corrected chi connectivity index (χ1v) is 6.98. The number of hydrogen-bond donors (Lipinski definition) is 1.